The molecular weight excluding hydrogens is 191 g/mol. The molecule has 5 heteroatoms. The Morgan fingerprint density at radius 2 is 2.08 bits per heavy atom. The highest BCUT2D eigenvalue weighted by atomic mass is 31.1. The van der Waals surface area contributed by atoms with Gasteiger partial charge in [-0.2, -0.15) is 0 Å². The van der Waals surface area contributed by atoms with Crippen LogP contribution in [0.5, 0.6) is 0 Å². The number of rotatable bonds is 6. The molecule has 2 N–H and O–H groups in total. The van der Waals surface area contributed by atoms with E-state index in [0.29, 0.717) is 12.8 Å². The van der Waals surface area contributed by atoms with E-state index in [2.05, 4.69) is 0 Å². The van der Waals surface area contributed by atoms with Crippen molar-refractivity contribution in [1.82, 2.24) is 0 Å². The summed E-state index contributed by atoms with van der Waals surface area (Å²) in [4.78, 5) is 10.8. The molecule has 76 valence electrons. The van der Waals surface area contributed by atoms with Crippen LogP contribution in [-0.2, 0) is 9.36 Å². The lowest BCUT2D eigenvalue weighted by molar-refractivity contribution is -0.139. The number of hydrogen-bond donors (Lipinski definition) is 2. The summed E-state index contributed by atoms with van der Waals surface area (Å²) in [7, 11) is -1.78. The van der Waals surface area contributed by atoms with Gasteiger partial charge in [0.25, 0.3) is 5.16 Å². The van der Waals surface area contributed by atoms with Crippen molar-refractivity contribution in [3.8, 4) is 0 Å². The molecule has 0 aliphatic carbocycles. The van der Waals surface area contributed by atoms with Crippen LogP contribution in [0.2, 0.25) is 0 Å². The van der Waals surface area contributed by atoms with Gasteiger partial charge in [0.2, 0.25) is 0 Å². The van der Waals surface area contributed by atoms with Crippen LogP contribution in [0.25, 0.3) is 0 Å². The molecule has 0 fully saturated rings. The monoisotopic (exact) mass is 207 g/mol. The molecule has 13 heavy (non-hydrogen) atoms. The lowest BCUT2D eigenvalue weighted by Crippen LogP contribution is -2.31. The number of carboxylic acid groups (broad SMARTS) is 1. The number of aliphatic hydroxyl groups excluding tert-OH is 1. The molecule has 0 saturated carbocycles. The van der Waals surface area contributed by atoms with Crippen LogP contribution in [0.4, 0.5) is 0 Å². The van der Waals surface area contributed by atoms with E-state index in [1.165, 1.54) is 6.92 Å². The summed E-state index contributed by atoms with van der Waals surface area (Å²) in [5.74, 6) is -1.02. The van der Waals surface area contributed by atoms with E-state index in [9.17, 15) is 9.36 Å². The molecule has 0 aromatic heterocycles. The zero-order chi connectivity index (χ0) is 10.5. The second-order valence-corrected chi connectivity index (χ2v) is 5.30. The van der Waals surface area contributed by atoms with Crippen LogP contribution < -0.4 is 0 Å². The van der Waals surface area contributed by atoms with Gasteiger partial charge in [-0.15, -0.1) is 0 Å². The second kappa shape index (κ2) is 5.30. The molecule has 0 spiro atoms. The van der Waals surface area contributed by atoms with Crippen molar-refractivity contribution < 1.29 is 19.6 Å². The molecule has 4 nitrogen and oxygen atoms in total. The first-order valence-electron chi connectivity index (χ1n) is 4.28. The molecule has 0 saturated heterocycles. The fourth-order valence-corrected chi connectivity index (χ4v) is 2.38. The lowest BCUT2D eigenvalue weighted by Gasteiger charge is -2.10. The number of carbonyl (C=O) groups is 1. The first kappa shape index (κ1) is 12.5. The van der Waals surface area contributed by atoms with Gasteiger partial charge in [0, 0.05) is 19.4 Å². The minimum atomic E-state index is -1.78. The molecular formula is C8H16O4P+. The van der Waals surface area contributed by atoms with E-state index < -0.39 is 18.9 Å². The topological polar surface area (TPSA) is 74.6 Å². The molecule has 0 bridgehead atoms. The Bertz CT molecular complexity index is 204. The minimum absolute atomic E-state index is 0.0412. The Morgan fingerprint density at radius 1 is 1.54 bits per heavy atom. The van der Waals surface area contributed by atoms with Crippen molar-refractivity contribution in [2.75, 3.05) is 12.8 Å². The molecule has 0 heterocycles. The predicted octanol–water partition coefficient (Wildman–Crippen LogP) is 1.45. The van der Waals surface area contributed by atoms with Crippen molar-refractivity contribution >= 4 is 13.8 Å². The molecule has 2 atom stereocenters. The van der Waals surface area contributed by atoms with Crippen LogP contribution in [0.1, 0.15) is 26.7 Å². The van der Waals surface area contributed by atoms with E-state index in [4.69, 9.17) is 10.2 Å². The molecule has 0 rings (SSSR count). The molecule has 2 unspecified atom stereocenters. The summed E-state index contributed by atoms with van der Waals surface area (Å²) in [5.41, 5.74) is 0. The van der Waals surface area contributed by atoms with E-state index in [-0.39, 0.29) is 12.8 Å². The van der Waals surface area contributed by atoms with Gasteiger partial charge in [0.15, 0.2) is 0 Å². The fourth-order valence-electron chi connectivity index (χ4n) is 0.895. The van der Waals surface area contributed by atoms with Crippen LogP contribution >= 0.6 is 7.80 Å². The van der Waals surface area contributed by atoms with Crippen molar-refractivity contribution in [3.63, 3.8) is 0 Å². The van der Waals surface area contributed by atoms with Gasteiger partial charge in [-0.05, 0) is 6.92 Å². The van der Waals surface area contributed by atoms with Gasteiger partial charge in [-0.3, -0.25) is 0 Å². The number of aliphatic carboxylic acids is 1. The van der Waals surface area contributed by atoms with Crippen molar-refractivity contribution in [2.24, 2.45) is 0 Å². The smallest absolute Gasteiger partial charge is 0.358 e. The Labute approximate surface area is 78.7 Å². The van der Waals surface area contributed by atoms with Crippen LogP contribution in [0.15, 0.2) is 0 Å². The van der Waals surface area contributed by atoms with Crippen LogP contribution in [0, 0.1) is 0 Å². The summed E-state index contributed by atoms with van der Waals surface area (Å²) < 4.78 is 11.6. The molecule has 0 aliphatic heterocycles. The Kier molecular flexibility index (Phi) is 5.11. The quantitative estimate of drug-likeness (QED) is 0.646. The SMILES string of the molecule is CCC(C)(C(=O)O)[P+](=O)CCCO. The third-order valence-electron chi connectivity index (χ3n) is 2.22. The maximum absolute atomic E-state index is 11.6. The summed E-state index contributed by atoms with van der Waals surface area (Å²) in [6, 6.07) is 0. The summed E-state index contributed by atoms with van der Waals surface area (Å²) in [6.45, 7) is 3.16. The average Bonchev–Trinajstić information content (AvgIpc) is 2.12. The maximum Gasteiger partial charge on any atom is 0.358 e. The Hall–Kier alpha value is -0.470. The largest absolute Gasteiger partial charge is 0.478 e. The Morgan fingerprint density at radius 3 is 2.38 bits per heavy atom. The van der Waals surface area contributed by atoms with E-state index >= 15 is 0 Å². The highest BCUT2D eigenvalue weighted by Crippen LogP contribution is 2.41. The number of hydrogen-bond acceptors (Lipinski definition) is 3. The number of carboxylic acids is 1. The van der Waals surface area contributed by atoms with Crippen molar-refractivity contribution in [3.05, 3.63) is 0 Å². The molecule has 0 radical (unpaired) electrons. The lowest BCUT2D eigenvalue weighted by atomic mass is 10.1. The van der Waals surface area contributed by atoms with Crippen molar-refractivity contribution in [1.29, 1.82) is 0 Å². The first-order chi connectivity index (χ1) is 5.99. The molecule has 0 aromatic rings. The zero-order valence-corrected chi connectivity index (χ0v) is 8.88. The number of aliphatic hydroxyl groups is 1. The predicted molar refractivity (Wildman–Crippen MR) is 50.5 cm³/mol. The highest BCUT2D eigenvalue weighted by molar-refractivity contribution is 7.47. The summed E-state index contributed by atoms with van der Waals surface area (Å²) >= 11 is 0. The molecule has 0 aromatic carbocycles. The van der Waals surface area contributed by atoms with E-state index in [1.807, 2.05) is 0 Å². The third-order valence-corrected chi connectivity index (χ3v) is 4.55. The normalized spacial score (nSPS) is 16.4. The van der Waals surface area contributed by atoms with E-state index in [1.54, 1.807) is 6.92 Å². The van der Waals surface area contributed by atoms with Gasteiger partial charge in [-0.1, -0.05) is 11.5 Å². The summed E-state index contributed by atoms with van der Waals surface area (Å²) in [6.07, 6.45) is 1.03. The van der Waals surface area contributed by atoms with Gasteiger partial charge in [0.1, 0.15) is 6.16 Å². The Balaban J connectivity index is 4.39. The highest BCUT2D eigenvalue weighted by Gasteiger charge is 2.49. The van der Waals surface area contributed by atoms with Crippen molar-refractivity contribution in [2.45, 2.75) is 31.8 Å². The molecule has 0 aliphatic rings. The minimum Gasteiger partial charge on any atom is -0.478 e. The van der Waals surface area contributed by atoms with Crippen LogP contribution in [-0.4, -0.2) is 34.1 Å². The third kappa shape index (κ3) is 3.05. The second-order valence-electron chi connectivity index (χ2n) is 3.11. The van der Waals surface area contributed by atoms with E-state index in [0.717, 1.165) is 0 Å². The zero-order valence-electron chi connectivity index (χ0n) is 7.99. The first-order valence-corrected chi connectivity index (χ1v) is 5.72. The average molecular weight is 207 g/mol. The fraction of sp³-hybridized carbons (Fsp3) is 0.875. The van der Waals surface area contributed by atoms with Crippen LogP contribution in [0.3, 0.4) is 0 Å². The van der Waals surface area contributed by atoms with Gasteiger partial charge >= 0.3 is 13.8 Å². The van der Waals surface area contributed by atoms with Gasteiger partial charge in [-0.25, -0.2) is 4.79 Å². The molecule has 0 amide bonds. The standard InChI is InChI=1S/C8H15O4P/c1-3-8(2,7(10)11)13(12)6-4-5-9/h9H,3-6H2,1-2H3/p+1. The maximum atomic E-state index is 11.6. The summed E-state index contributed by atoms with van der Waals surface area (Å²) in [5, 5.41) is 16.2. The van der Waals surface area contributed by atoms with Gasteiger partial charge in [0.05, 0.1) is 0 Å². The van der Waals surface area contributed by atoms with Gasteiger partial charge < -0.3 is 10.2 Å².